The van der Waals surface area contributed by atoms with E-state index in [0.717, 1.165) is 17.5 Å². The van der Waals surface area contributed by atoms with Gasteiger partial charge in [0.2, 0.25) is 0 Å². The third-order valence-corrected chi connectivity index (χ3v) is 6.56. The molecule has 5 rings (SSSR count). The number of allylic oxidation sites excluding steroid dienone is 1. The summed E-state index contributed by atoms with van der Waals surface area (Å²) >= 11 is 0. The van der Waals surface area contributed by atoms with Gasteiger partial charge in [-0.3, -0.25) is 14.6 Å². The first kappa shape index (κ1) is 25.1. The number of nitrogens with zero attached hydrogens (tertiary/aromatic N) is 2. The predicted molar refractivity (Wildman–Crippen MR) is 148 cm³/mol. The molecule has 1 aliphatic carbocycles. The van der Waals surface area contributed by atoms with Crippen LogP contribution in [-0.2, 0) is 6.42 Å². The standard InChI is InChI=1S/C30H29N3O5/c1-18(2)33-17-23(29(34)21-7-5-6-8-25(21)33)30(35)32-19-9-11-20(12-10-19)38-26-13-14-31-24-16-28(37-4)27(36-3)15-22(24)26/h6,8-18H,5,7H2,1-4H3,(H,32,35). The molecular formula is C30H29N3O5. The Morgan fingerprint density at radius 3 is 2.47 bits per heavy atom. The fraction of sp³-hybridized carbons (Fsp3) is 0.233. The molecule has 8 heteroatoms. The van der Waals surface area contributed by atoms with Crippen molar-refractivity contribution >= 4 is 28.6 Å². The first-order valence-electron chi connectivity index (χ1n) is 12.4. The molecule has 8 nitrogen and oxygen atoms in total. The van der Waals surface area contributed by atoms with Gasteiger partial charge >= 0.3 is 0 Å². The molecular weight excluding hydrogens is 482 g/mol. The highest BCUT2D eigenvalue weighted by Crippen LogP contribution is 2.37. The van der Waals surface area contributed by atoms with Crippen molar-refractivity contribution in [1.82, 2.24) is 9.55 Å². The van der Waals surface area contributed by atoms with E-state index in [-0.39, 0.29) is 17.0 Å². The highest BCUT2D eigenvalue weighted by Gasteiger charge is 2.21. The van der Waals surface area contributed by atoms with Gasteiger partial charge in [-0.2, -0.15) is 0 Å². The van der Waals surface area contributed by atoms with Crippen molar-refractivity contribution in [3.8, 4) is 23.0 Å². The first-order valence-corrected chi connectivity index (χ1v) is 12.4. The lowest BCUT2D eigenvalue weighted by atomic mass is 9.98. The summed E-state index contributed by atoms with van der Waals surface area (Å²) in [6, 6.07) is 12.5. The highest BCUT2D eigenvalue weighted by molar-refractivity contribution is 6.04. The molecule has 0 aliphatic heterocycles. The summed E-state index contributed by atoms with van der Waals surface area (Å²) in [7, 11) is 3.15. The Morgan fingerprint density at radius 1 is 1.03 bits per heavy atom. The number of fused-ring (bicyclic) bond motifs is 2. The van der Waals surface area contributed by atoms with E-state index in [4.69, 9.17) is 14.2 Å². The molecule has 1 amide bonds. The maximum Gasteiger partial charge on any atom is 0.261 e. The number of methoxy groups -OCH3 is 2. The summed E-state index contributed by atoms with van der Waals surface area (Å²) < 4.78 is 18.9. The van der Waals surface area contributed by atoms with Crippen LogP contribution in [0.5, 0.6) is 23.0 Å². The second kappa shape index (κ2) is 10.4. The van der Waals surface area contributed by atoms with Gasteiger partial charge in [-0.15, -0.1) is 0 Å². The topological polar surface area (TPSA) is 91.7 Å². The number of benzene rings is 2. The second-order valence-electron chi connectivity index (χ2n) is 9.29. The first-order chi connectivity index (χ1) is 18.4. The van der Waals surface area contributed by atoms with Crippen LogP contribution in [-0.4, -0.2) is 29.7 Å². The quantitative estimate of drug-likeness (QED) is 0.327. The van der Waals surface area contributed by atoms with Gasteiger partial charge in [-0.05, 0) is 69.2 Å². The minimum absolute atomic E-state index is 0.111. The predicted octanol–water partition coefficient (Wildman–Crippen LogP) is 6.00. The maximum absolute atomic E-state index is 13.1. The summed E-state index contributed by atoms with van der Waals surface area (Å²) in [5.74, 6) is 1.90. The Bertz CT molecular complexity index is 1600. The van der Waals surface area contributed by atoms with Crippen LogP contribution in [0.4, 0.5) is 5.69 Å². The number of carbonyl (C=O) groups excluding carboxylic acids is 1. The molecule has 0 saturated carbocycles. The van der Waals surface area contributed by atoms with Crippen LogP contribution < -0.4 is 25.0 Å². The van der Waals surface area contributed by atoms with Crippen LogP contribution in [0.25, 0.3) is 17.0 Å². The Kier molecular flexibility index (Phi) is 6.87. The summed E-state index contributed by atoms with van der Waals surface area (Å²) in [4.78, 5) is 30.6. The number of carbonyl (C=O) groups is 1. The van der Waals surface area contributed by atoms with E-state index >= 15 is 0 Å². The molecule has 0 radical (unpaired) electrons. The molecule has 2 aromatic carbocycles. The number of rotatable bonds is 7. The molecule has 0 atom stereocenters. The molecule has 0 unspecified atom stereocenters. The molecule has 0 spiro atoms. The molecule has 38 heavy (non-hydrogen) atoms. The smallest absolute Gasteiger partial charge is 0.261 e. The number of anilines is 1. The minimum atomic E-state index is -0.434. The van der Waals surface area contributed by atoms with Crippen molar-refractivity contribution in [3.63, 3.8) is 0 Å². The van der Waals surface area contributed by atoms with Crippen LogP contribution in [0, 0.1) is 0 Å². The van der Waals surface area contributed by atoms with Gasteiger partial charge in [0, 0.05) is 46.8 Å². The molecule has 2 heterocycles. The number of nitrogens with one attached hydrogen (secondary N) is 1. The Hall–Kier alpha value is -4.59. The lowest BCUT2D eigenvalue weighted by Gasteiger charge is -2.21. The summed E-state index contributed by atoms with van der Waals surface area (Å²) in [6.45, 7) is 4.07. The van der Waals surface area contributed by atoms with Crippen molar-refractivity contribution < 1.29 is 19.0 Å². The molecule has 1 N–H and O–H groups in total. The fourth-order valence-electron chi connectivity index (χ4n) is 4.61. The molecule has 2 aromatic heterocycles. The lowest BCUT2D eigenvalue weighted by Crippen LogP contribution is -2.29. The number of hydrogen-bond acceptors (Lipinski definition) is 6. The van der Waals surface area contributed by atoms with Crippen molar-refractivity contribution in [3.05, 3.63) is 88.0 Å². The molecule has 0 saturated heterocycles. The van der Waals surface area contributed by atoms with Gasteiger partial charge < -0.3 is 24.1 Å². The number of amides is 1. The lowest BCUT2D eigenvalue weighted by molar-refractivity contribution is 0.102. The van der Waals surface area contributed by atoms with Crippen LogP contribution in [0.3, 0.4) is 0 Å². The minimum Gasteiger partial charge on any atom is -0.493 e. The molecule has 0 fully saturated rings. The van der Waals surface area contributed by atoms with Gasteiger partial charge in [0.05, 0.1) is 19.7 Å². The Balaban J connectivity index is 1.38. The molecule has 194 valence electrons. The van der Waals surface area contributed by atoms with Crippen molar-refractivity contribution in [2.45, 2.75) is 32.7 Å². The van der Waals surface area contributed by atoms with Gasteiger partial charge in [-0.1, -0.05) is 6.08 Å². The second-order valence-corrected chi connectivity index (χ2v) is 9.29. The SMILES string of the molecule is COc1cc2nccc(Oc3ccc(NC(=O)c4cn(C(C)C)c5c(c4=O)CCC=C5)cc3)c2cc1OC. The number of aromatic nitrogens is 2. The fourth-order valence-corrected chi connectivity index (χ4v) is 4.61. The van der Waals surface area contributed by atoms with Crippen LogP contribution in [0.2, 0.25) is 0 Å². The average molecular weight is 512 g/mol. The molecule has 4 aromatic rings. The van der Waals surface area contributed by atoms with E-state index in [0.29, 0.717) is 46.2 Å². The zero-order chi connectivity index (χ0) is 26.8. The molecule has 1 aliphatic rings. The van der Waals surface area contributed by atoms with E-state index < -0.39 is 5.91 Å². The van der Waals surface area contributed by atoms with Crippen molar-refractivity contribution in [2.24, 2.45) is 0 Å². The van der Waals surface area contributed by atoms with Crippen LogP contribution in [0.15, 0.2) is 65.7 Å². The zero-order valence-electron chi connectivity index (χ0n) is 21.8. The maximum atomic E-state index is 13.1. The highest BCUT2D eigenvalue weighted by atomic mass is 16.5. The largest absolute Gasteiger partial charge is 0.493 e. The Labute approximate surface area is 220 Å². The number of pyridine rings is 2. The van der Waals surface area contributed by atoms with E-state index in [1.165, 1.54) is 0 Å². The third-order valence-electron chi connectivity index (χ3n) is 6.56. The molecule has 0 bridgehead atoms. The Morgan fingerprint density at radius 2 is 1.76 bits per heavy atom. The van der Waals surface area contributed by atoms with Crippen molar-refractivity contribution in [2.75, 3.05) is 19.5 Å². The number of ether oxygens (including phenoxy) is 3. The van der Waals surface area contributed by atoms with Crippen LogP contribution >= 0.6 is 0 Å². The van der Waals surface area contributed by atoms with E-state index in [1.54, 1.807) is 63.0 Å². The van der Waals surface area contributed by atoms with Crippen molar-refractivity contribution in [1.29, 1.82) is 0 Å². The monoisotopic (exact) mass is 511 g/mol. The summed E-state index contributed by atoms with van der Waals surface area (Å²) in [5.41, 5.74) is 2.76. The van der Waals surface area contributed by atoms with E-state index in [9.17, 15) is 9.59 Å². The van der Waals surface area contributed by atoms with E-state index in [1.807, 2.05) is 30.6 Å². The zero-order valence-corrected chi connectivity index (χ0v) is 21.8. The van der Waals surface area contributed by atoms with E-state index in [2.05, 4.69) is 16.4 Å². The van der Waals surface area contributed by atoms with Crippen LogP contribution in [0.1, 0.15) is 47.9 Å². The normalized spacial score (nSPS) is 12.3. The number of hydrogen-bond donors (Lipinski definition) is 1. The third kappa shape index (κ3) is 4.72. The summed E-state index contributed by atoms with van der Waals surface area (Å²) in [5, 5.41) is 3.62. The van der Waals surface area contributed by atoms with Gasteiger partial charge in [0.1, 0.15) is 17.1 Å². The summed E-state index contributed by atoms with van der Waals surface area (Å²) in [6.07, 6.45) is 8.78. The van der Waals surface area contributed by atoms with Gasteiger partial charge in [-0.25, -0.2) is 0 Å². The van der Waals surface area contributed by atoms with Gasteiger partial charge in [0.25, 0.3) is 5.91 Å². The van der Waals surface area contributed by atoms with Gasteiger partial charge in [0.15, 0.2) is 16.9 Å². The average Bonchev–Trinajstić information content (AvgIpc) is 2.93.